The van der Waals surface area contributed by atoms with Crippen LogP contribution in [-0.4, -0.2) is 32.7 Å². The molecular formula is C12H26N2O2. The monoisotopic (exact) mass is 230 g/mol. The lowest BCUT2D eigenvalue weighted by Gasteiger charge is -2.18. The third-order valence-electron chi connectivity index (χ3n) is 2.72. The highest BCUT2D eigenvalue weighted by Crippen LogP contribution is 2.08. The van der Waals surface area contributed by atoms with E-state index in [1.807, 2.05) is 13.8 Å². The summed E-state index contributed by atoms with van der Waals surface area (Å²) in [5.41, 5.74) is 5.57. The summed E-state index contributed by atoms with van der Waals surface area (Å²) in [6.07, 6.45) is 3.14. The molecule has 0 aliphatic carbocycles. The molecular weight excluding hydrogens is 204 g/mol. The number of unbranched alkanes of at least 4 members (excludes halogenated alkanes) is 2. The Kier molecular flexibility index (Phi) is 9.24. The van der Waals surface area contributed by atoms with Crippen LogP contribution >= 0.6 is 0 Å². The number of methoxy groups -OCH3 is 1. The highest BCUT2D eigenvalue weighted by molar-refractivity contribution is 5.79. The van der Waals surface area contributed by atoms with E-state index >= 15 is 0 Å². The Balaban J connectivity index is 3.56. The second-order valence-electron chi connectivity index (χ2n) is 4.43. The van der Waals surface area contributed by atoms with E-state index < -0.39 is 0 Å². The lowest BCUT2D eigenvalue weighted by molar-refractivity contribution is -0.125. The van der Waals surface area contributed by atoms with Gasteiger partial charge in [-0.1, -0.05) is 13.8 Å². The fourth-order valence-corrected chi connectivity index (χ4v) is 1.57. The maximum absolute atomic E-state index is 11.7. The zero-order chi connectivity index (χ0) is 12.4. The van der Waals surface area contributed by atoms with Gasteiger partial charge in [-0.15, -0.1) is 0 Å². The standard InChI is InChI=1S/C12H26N2O2/c1-10(2)11(9-13)12(15)14-7-5-4-6-8-16-3/h10-11H,4-9,13H2,1-3H3,(H,14,15). The Bertz CT molecular complexity index is 184. The van der Waals surface area contributed by atoms with Crippen molar-refractivity contribution >= 4 is 5.91 Å². The predicted molar refractivity (Wildman–Crippen MR) is 66.1 cm³/mol. The number of hydrogen-bond donors (Lipinski definition) is 2. The fourth-order valence-electron chi connectivity index (χ4n) is 1.57. The molecule has 0 heterocycles. The summed E-state index contributed by atoms with van der Waals surface area (Å²) < 4.78 is 4.95. The minimum atomic E-state index is -0.0565. The van der Waals surface area contributed by atoms with Gasteiger partial charge in [-0.3, -0.25) is 4.79 Å². The highest BCUT2D eigenvalue weighted by Gasteiger charge is 2.19. The van der Waals surface area contributed by atoms with Gasteiger partial charge in [0, 0.05) is 26.8 Å². The molecule has 0 aromatic rings. The number of amides is 1. The van der Waals surface area contributed by atoms with Gasteiger partial charge < -0.3 is 15.8 Å². The van der Waals surface area contributed by atoms with Crippen LogP contribution in [0.3, 0.4) is 0 Å². The largest absolute Gasteiger partial charge is 0.385 e. The van der Waals surface area contributed by atoms with E-state index in [2.05, 4.69) is 5.32 Å². The van der Waals surface area contributed by atoms with Gasteiger partial charge >= 0.3 is 0 Å². The van der Waals surface area contributed by atoms with Crippen molar-refractivity contribution in [2.75, 3.05) is 26.8 Å². The van der Waals surface area contributed by atoms with Gasteiger partial charge in [0.25, 0.3) is 0 Å². The average Bonchev–Trinajstić information content (AvgIpc) is 2.23. The minimum Gasteiger partial charge on any atom is -0.385 e. The molecule has 0 aromatic heterocycles. The second-order valence-corrected chi connectivity index (χ2v) is 4.43. The molecule has 16 heavy (non-hydrogen) atoms. The molecule has 0 rings (SSSR count). The van der Waals surface area contributed by atoms with E-state index in [1.54, 1.807) is 7.11 Å². The molecule has 0 aliphatic rings. The Labute approximate surface area is 98.9 Å². The first-order valence-corrected chi connectivity index (χ1v) is 6.10. The molecule has 0 spiro atoms. The molecule has 0 saturated carbocycles. The van der Waals surface area contributed by atoms with Crippen LogP contribution in [-0.2, 0) is 9.53 Å². The number of nitrogens with one attached hydrogen (secondary N) is 1. The molecule has 0 saturated heterocycles. The zero-order valence-electron chi connectivity index (χ0n) is 10.8. The van der Waals surface area contributed by atoms with Crippen LogP contribution in [0.5, 0.6) is 0 Å². The maximum atomic E-state index is 11.7. The number of ether oxygens (including phenoxy) is 1. The van der Waals surface area contributed by atoms with Crippen molar-refractivity contribution in [1.82, 2.24) is 5.32 Å². The number of nitrogens with two attached hydrogens (primary N) is 1. The van der Waals surface area contributed by atoms with Crippen LogP contribution in [0.1, 0.15) is 33.1 Å². The maximum Gasteiger partial charge on any atom is 0.224 e. The first-order chi connectivity index (χ1) is 7.63. The van der Waals surface area contributed by atoms with Gasteiger partial charge in [0.1, 0.15) is 0 Å². The van der Waals surface area contributed by atoms with Crippen molar-refractivity contribution in [3.63, 3.8) is 0 Å². The van der Waals surface area contributed by atoms with Crippen LogP contribution in [0.15, 0.2) is 0 Å². The highest BCUT2D eigenvalue weighted by atomic mass is 16.5. The molecule has 0 bridgehead atoms. The van der Waals surface area contributed by atoms with E-state index in [9.17, 15) is 4.79 Å². The molecule has 1 unspecified atom stereocenters. The zero-order valence-corrected chi connectivity index (χ0v) is 10.8. The van der Waals surface area contributed by atoms with Crippen molar-refractivity contribution in [3.05, 3.63) is 0 Å². The normalized spacial score (nSPS) is 12.8. The fraction of sp³-hybridized carbons (Fsp3) is 0.917. The topological polar surface area (TPSA) is 64.3 Å². The van der Waals surface area contributed by atoms with Crippen LogP contribution in [0.2, 0.25) is 0 Å². The van der Waals surface area contributed by atoms with Crippen molar-refractivity contribution in [2.24, 2.45) is 17.6 Å². The molecule has 0 radical (unpaired) electrons. The summed E-state index contributed by atoms with van der Waals surface area (Å²) in [7, 11) is 1.70. The quantitative estimate of drug-likeness (QED) is 0.584. The average molecular weight is 230 g/mol. The molecule has 1 amide bonds. The van der Waals surface area contributed by atoms with Crippen molar-refractivity contribution in [2.45, 2.75) is 33.1 Å². The SMILES string of the molecule is COCCCCCNC(=O)C(CN)C(C)C. The molecule has 0 aliphatic heterocycles. The summed E-state index contributed by atoms with van der Waals surface area (Å²) >= 11 is 0. The summed E-state index contributed by atoms with van der Waals surface area (Å²) in [4.78, 5) is 11.7. The van der Waals surface area contributed by atoms with Gasteiger partial charge in [0.2, 0.25) is 5.91 Å². The summed E-state index contributed by atoms with van der Waals surface area (Å²) in [5, 5.41) is 2.93. The van der Waals surface area contributed by atoms with Gasteiger partial charge in [-0.2, -0.15) is 0 Å². The number of rotatable bonds is 9. The predicted octanol–water partition coefficient (Wildman–Crippen LogP) is 1.15. The van der Waals surface area contributed by atoms with E-state index in [-0.39, 0.29) is 11.8 Å². The number of carbonyl (C=O) groups is 1. The van der Waals surface area contributed by atoms with Crippen LogP contribution in [0.4, 0.5) is 0 Å². The Hall–Kier alpha value is -0.610. The van der Waals surface area contributed by atoms with Crippen molar-refractivity contribution in [3.8, 4) is 0 Å². The van der Waals surface area contributed by atoms with Gasteiger partial charge in [0.05, 0.1) is 5.92 Å². The van der Waals surface area contributed by atoms with E-state index in [0.29, 0.717) is 12.5 Å². The molecule has 1 atom stereocenters. The molecule has 0 aromatic carbocycles. The molecule has 4 nitrogen and oxygen atoms in total. The Morgan fingerprint density at radius 2 is 2.00 bits per heavy atom. The van der Waals surface area contributed by atoms with Crippen LogP contribution in [0, 0.1) is 11.8 Å². The lowest BCUT2D eigenvalue weighted by atomic mass is 9.95. The second kappa shape index (κ2) is 9.60. The first-order valence-electron chi connectivity index (χ1n) is 6.10. The lowest BCUT2D eigenvalue weighted by Crippen LogP contribution is -2.38. The molecule has 96 valence electrons. The van der Waals surface area contributed by atoms with Gasteiger partial charge in [-0.25, -0.2) is 0 Å². The smallest absolute Gasteiger partial charge is 0.224 e. The minimum absolute atomic E-state index is 0.0565. The van der Waals surface area contributed by atoms with Crippen LogP contribution in [0.25, 0.3) is 0 Å². The third kappa shape index (κ3) is 6.80. The summed E-state index contributed by atoms with van der Waals surface area (Å²) in [6.45, 7) is 6.01. The Morgan fingerprint density at radius 3 is 2.50 bits per heavy atom. The third-order valence-corrected chi connectivity index (χ3v) is 2.72. The summed E-state index contributed by atoms with van der Waals surface area (Å²) in [6, 6.07) is 0. The molecule has 4 heteroatoms. The van der Waals surface area contributed by atoms with Gasteiger partial charge in [0.15, 0.2) is 0 Å². The van der Waals surface area contributed by atoms with E-state index in [0.717, 1.165) is 32.4 Å². The number of hydrogen-bond acceptors (Lipinski definition) is 3. The van der Waals surface area contributed by atoms with E-state index in [4.69, 9.17) is 10.5 Å². The van der Waals surface area contributed by atoms with Crippen molar-refractivity contribution in [1.29, 1.82) is 0 Å². The van der Waals surface area contributed by atoms with Gasteiger partial charge in [-0.05, 0) is 25.2 Å². The molecule has 3 N–H and O–H groups in total. The van der Waals surface area contributed by atoms with Crippen LogP contribution < -0.4 is 11.1 Å². The Morgan fingerprint density at radius 1 is 1.31 bits per heavy atom. The van der Waals surface area contributed by atoms with E-state index in [1.165, 1.54) is 0 Å². The number of carbonyl (C=O) groups excluding carboxylic acids is 1. The summed E-state index contributed by atoms with van der Waals surface area (Å²) in [5.74, 6) is 0.335. The first kappa shape index (κ1) is 15.4. The van der Waals surface area contributed by atoms with Crippen molar-refractivity contribution < 1.29 is 9.53 Å². The molecule has 0 fully saturated rings.